The number of nitrogens with zero attached hydrogens (tertiary/aromatic N) is 4. The molecule has 0 radical (unpaired) electrons. The molecule has 1 N–H and O–H groups in total. The number of cyclic esters (lactones) is 1. The molecular weight excluding hydrogens is 783 g/mol. The monoisotopic (exact) mass is 843 g/mol. The lowest BCUT2D eigenvalue weighted by molar-refractivity contribution is -0.189. The Balaban J connectivity index is 1.03. The standard InChI is InChI=1S/C46H61N5O10/c1-5-12-30(6-2)27-57-21-22-58-29-40(52)47-25-41(53)61-46(8-4)37-24-39-42-35(26-51(39)43(54)36(37)28-59-44(46)55)33(7-3)34-23-32(13-14-38(34)48-42)60-45(56)50-19-15-31(16-20-50)49-17-10-9-11-18-49/h13-14,23-24,30-31H,5-12,15-22,25-29H2,1-4H3,(H,47,52). The Morgan fingerprint density at radius 2 is 1.74 bits per heavy atom. The number of nitrogens with one attached hydrogen (secondary N) is 1. The molecule has 2 saturated heterocycles. The number of aromatic nitrogens is 2. The number of aryl methyl sites for hydroxylation is 1. The Labute approximate surface area is 357 Å². The lowest BCUT2D eigenvalue weighted by atomic mass is 9.85. The zero-order valence-electron chi connectivity index (χ0n) is 36.2. The van der Waals surface area contributed by atoms with Gasteiger partial charge in [0.05, 0.1) is 42.2 Å². The Bertz CT molecular complexity index is 2160. The van der Waals surface area contributed by atoms with Crippen molar-refractivity contribution < 1.29 is 42.9 Å². The van der Waals surface area contributed by atoms with Crippen LogP contribution in [0.25, 0.3) is 22.3 Å². The van der Waals surface area contributed by atoms with E-state index in [0.717, 1.165) is 61.7 Å². The molecule has 4 aliphatic heterocycles. The summed E-state index contributed by atoms with van der Waals surface area (Å²) in [6, 6.07) is 7.63. The van der Waals surface area contributed by atoms with Crippen molar-refractivity contribution in [1.82, 2.24) is 24.7 Å². The maximum absolute atomic E-state index is 14.2. The summed E-state index contributed by atoms with van der Waals surface area (Å²) >= 11 is 0. The van der Waals surface area contributed by atoms with Gasteiger partial charge in [0.2, 0.25) is 11.5 Å². The number of pyridine rings is 2. The van der Waals surface area contributed by atoms with Crippen LogP contribution in [0.1, 0.15) is 108 Å². The number of carbonyl (C=O) groups is 4. The van der Waals surface area contributed by atoms with Crippen LogP contribution < -0.4 is 15.6 Å². The molecule has 2 amide bonds. The van der Waals surface area contributed by atoms with Gasteiger partial charge in [0.1, 0.15) is 25.5 Å². The number of esters is 2. The first-order valence-electron chi connectivity index (χ1n) is 22.4. The Kier molecular flexibility index (Phi) is 14.4. The number of benzene rings is 1. The molecule has 0 spiro atoms. The summed E-state index contributed by atoms with van der Waals surface area (Å²) in [6.45, 7) is 12.0. The van der Waals surface area contributed by atoms with E-state index in [1.165, 1.54) is 19.3 Å². The molecule has 2 unspecified atom stereocenters. The van der Waals surface area contributed by atoms with Crippen molar-refractivity contribution >= 4 is 34.8 Å². The first kappa shape index (κ1) is 44.2. The van der Waals surface area contributed by atoms with E-state index in [1.807, 2.05) is 19.1 Å². The van der Waals surface area contributed by atoms with Crippen LogP contribution in [0, 0.1) is 5.92 Å². The highest BCUT2D eigenvalue weighted by molar-refractivity contribution is 5.91. The van der Waals surface area contributed by atoms with Crippen molar-refractivity contribution in [3.63, 3.8) is 0 Å². The number of piperidine rings is 2. The topological polar surface area (TPSA) is 168 Å². The zero-order valence-corrected chi connectivity index (χ0v) is 36.2. The van der Waals surface area contributed by atoms with Gasteiger partial charge in [-0.2, -0.15) is 0 Å². The first-order valence-corrected chi connectivity index (χ1v) is 22.4. The van der Waals surface area contributed by atoms with Gasteiger partial charge in [-0.15, -0.1) is 0 Å². The molecule has 330 valence electrons. The lowest BCUT2D eigenvalue weighted by Gasteiger charge is -2.39. The second-order valence-corrected chi connectivity index (χ2v) is 16.6. The van der Waals surface area contributed by atoms with Crippen LogP contribution in [0.3, 0.4) is 0 Å². The smallest absolute Gasteiger partial charge is 0.415 e. The van der Waals surface area contributed by atoms with E-state index < -0.39 is 30.0 Å². The van der Waals surface area contributed by atoms with Gasteiger partial charge in [-0.3, -0.25) is 14.4 Å². The molecule has 7 rings (SSSR count). The molecule has 4 aliphatic rings. The Hall–Kier alpha value is -4.86. The summed E-state index contributed by atoms with van der Waals surface area (Å²) in [6.07, 6.45) is 9.15. The third-order valence-corrected chi connectivity index (χ3v) is 12.9. The Morgan fingerprint density at radius 1 is 0.967 bits per heavy atom. The quantitative estimate of drug-likeness (QED) is 0.103. The van der Waals surface area contributed by atoms with Crippen molar-refractivity contribution in [2.24, 2.45) is 5.92 Å². The summed E-state index contributed by atoms with van der Waals surface area (Å²) in [5.41, 5.74) is 1.72. The highest BCUT2D eigenvalue weighted by Gasteiger charge is 2.50. The van der Waals surface area contributed by atoms with Gasteiger partial charge in [0, 0.05) is 42.3 Å². The number of hydrogen-bond donors (Lipinski definition) is 1. The largest absolute Gasteiger partial charge is 0.457 e. The van der Waals surface area contributed by atoms with E-state index in [0.29, 0.717) is 67.3 Å². The van der Waals surface area contributed by atoms with Crippen LogP contribution in [0.2, 0.25) is 0 Å². The highest BCUT2D eigenvalue weighted by Crippen LogP contribution is 2.42. The molecule has 3 aromatic rings. The zero-order chi connectivity index (χ0) is 43.1. The summed E-state index contributed by atoms with van der Waals surface area (Å²) in [5, 5.41) is 3.31. The van der Waals surface area contributed by atoms with Crippen LogP contribution in [-0.2, 0) is 58.5 Å². The first-order chi connectivity index (χ1) is 29.6. The van der Waals surface area contributed by atoms with Crippen LogP contribution in [0.15, 0.2) is 29.1 Å². The predicted octanol–water partition coefficient (Wildman–Crippen LogP) is 5.62. The van der Waals surface area contributed by atoms with Gasteiger partial charge < -0.3 is 43.4 Å². The third-order valence-electron chi connectivity index (χ3n) is 12.9. The van der Waals surface area contributed by atoms with E-state index in [4.69, 9.17) is 28.7 Å². The number of hydrogen-bond acceptors (Lipinski definition) is 12. The molecule has 2 atom stereocenters. The molecule has 6 heterocycles. The Morgan fingerprint density at radius 3 is 2.46 bits per heavy atom. The highest BCUT2D eigenvalue weighted by atomic mass is 16.6. The minimum absolute atomic E-state index is 0.0160. The summed E-state index contributed by atoms with van der Waals surface area (Å²) in [7, 11) is 0. The van der Waals surface area contributed by atoms with E-state index in [1.54, 1.807) is 28.5 Å². The summed E-state index contributed by atoms with van der Waals surface area (Å²) < 4.78 is 30.0. The molecule has 1 aromatic carbocycles. The van der Waals surface area contributed by atoms with Crippen LogP contribution in [0.4, 0.5) is 4.79 Å². The lowest BCUT2D eigenvalue weighted by Crippen LogP contribution is -2.48. The predicted molar refractivity (Wildman–Crippen MR) is 227 cm³/mol. The minimum Gasteiger partial charge on any atom is -0.457 e. The van der Waals surface area contributed by atoms with Gasteiger partial charge >= 0.3 is 18.0 Å². The second-order valence-electron chi connectivity index (χ2n) is 16.6. The number of carbonyl (C=O) groups excluding carboxylic acids is 4. The van der Waals surface area contributed by atoms with E-state index in [-0.39, 0.29) is 55.6 Å². The van der Waals surface area contributed by atoms with Gasteiger partial charge in [-0.1, -0.05) is 47.0 Å². The van der Waals surface area contributed by atoms with Crippen LogP contribution >= 0.6 is 0 Å². The molecule has 0 bridgehead atoms. The van der Waals surface area contributed by atoms with E-state index in [2.05, 4.69) is 24.1 Å². The number of fused-ring (bicyclic) bond motifs is 5. The van der Waals surface area contributed by atoms with Crippen molar-refractivity contribution in [2.45, 2.75) is 117 Å². The molecule has 0 aliphatic carbocycles. The molecule has 2 fully saturated rings. The van der Waals surface area contributed by atoms with Gasteiger partial charge in [-0.25, -0.2) is 14.6 Å². The number of rotatable bonds is 17. The van der Waals surface area contributed by atoms with E-state index >= 15 is 0 Å². The number of ether oxygens (including phenoxy) is 5. The normalized spacial score (nSPS) is 19.5. The molecule has 61 heavy (non-hydrogen) atoms. The molecule has 0 saturated carbocycles. The average Bonchev–Trinajstić information content (AvgIpc) is 3.65. The summed E-state index contributed by atoms with van der Waals surface area (Å²) in [4.78, 5) is 76.2. The van der Waals surface area contributed by atoms with Gasteiger partial charge in [0.15, 0.2) is 0 Å². The van der Waals surface area contributed by atoms with Crippen molar-refractivity contribution in [2.75, 3.05) is 59.2 Å². The molecular formula is C46H61N5O10. The molecule has 15 heteroatoms. The minimum atomic E-state index is -1.92. The number of likely N-dealkylation sites (tertiary alicyclic amines) is 2. The maximum atomic E-state index is 14.2. The van der Waals surface area contributed by atoms with Crippen molar-refractivity contribution in [3.8, 4) is 17.1 Å². The third kappa shape index (κ3) is 9.48. The fourth-order valence-corrected chi connectivity index (χ4v) is 9.43. The fourth-order valence-electron chi connectivity index (χ4n) is 9.43. The average molecular weight is 844 g/mol. The van der Waals surface area contributed by atoms with Crippen LogP contribution in [0.5, 0.6) is 5.75 Å². The SMILES string of the molecule is CCCC(CC)COCCOCC(=O)NCC(=O)OC1(CC)C(=O)OCc2c1cc1n(c2=O)Cc2c-1nc1ccc(OC(=O)N3CCC(N4CCCCC4)CC3)cc1c2CC. The van der Waals surface area contributed by atoms with Crippen molar-refractivity contribution in [3.05, 3.63) is 56.9 Å². The van der Waals surface area contributed by atoms with Crippen molar-refractivity contribution in [1.29, 1.82) is 0 Å². The number of amides is 2. The van der Waals surface area contributed by atoms with Crippen LogP contribution in [-0.4, -0.2) is 108 Å². The van der Waals surface area contributed by atoms with Gasteiger partial charge in [-0.05, 0) is 93.8 Å². The second kappa shape index (κ2) is 19.9. The molecule has 2 aromatic heterocycles. The van der Waals surface area contributed by atoms with E-state index in [9.17, 15) is 24.0 Å². The van der Waals surface area contributed by atoms with Gasteiger partial charge in [0.25, 0.3) is 5.56 Å². The summed E-state index contributed by atoms with van der Waals surface area (Å²) in [5.74, 6) is -1.28. The maximum Gasteiger partial charge on any atom is 0.415 e. The fraction of sp³-hybridized carbons (Fsp3) is 0.609. The molecule has 15 nitrogen and oxygen atoms in total.